The molecule has 1 aliphatic rings. The summed E-state index contributed by atoms with van der Waals surface area (Å²) in [4.78, 5) is 0. The van der Waals surface area contributed by atoms with Crippen LogP contribution in [0.1, 0.15) is 51.5 Å². The lowest BCUT2D eigenvalue weighted by Gasteiger charge is -2.12. The standard InChI is InChI=1S/C11H17NO/c1-7-5-8(7)9-6-10(13-12-9)11(2,3)4/h6-8H,5H2,1-4H3. The molecule has 72 valence electrons. The second kappa shape index (κ2) is 2.60. The Labute approximate surface area is 79.3 Å². The van der Waals surface area contributed by atoms with Crippen molar-refractivity contribution in [2.75, 3.05) is 0 Å². The fourth-order valence-corrected chi connectivity index (χ4v) is 1.55. The van der Waals surface area contributed by atoms with E-state index in [2.05, 4.69) is 38.9 Å². The molecule has 2 atom stereocenters. The van der Waals surface area contributed by atoms with Crippen LogP contribution in [0.3, 0.4) is 0 Å². The minimum Gasteiger partial charge on any atom is -0.361 e. The van der Waals surface area contributed by atoms with Crippen molar-refractivity contribution in [3.63, 3.8) is 0 Å². The van der Waals surface area contributed by atoms with Crippen molar-refractivity contribution in [2.24, 2.45) is 5.92 Å². The summed E-state index contributed by atoms with van der Waals surface area (Å²) in [5.41, 5.74) is 1.24. The van der Waals surface area contributed by atoms with E-state index < -0.39 is 0 Å². The summed E-state index contributed by atoms with van der Waals surface area (Å²) in [6.07, 6.45) is 1.27. The Morgan fingerprint density at radius 2 is 2.08 bits per heavy atom. The number of rotatable bonds is 1. The molecule has 2 heteroatoms. The van der Waals surface area contributed by atoms with Crippen LogP contribution in [0.15, 0.2) is 10.6 Å². The van der Waals surface area contributed by atoms with E-state index in [-0.39, 0.29) is 5.41 Å². The van der Waals surface area contributed by atoms with Gasteiger partial charge >= 0.3 is 0 Å². The SMILES string of the molecule is CC1CC1c1cc(C(C)(C)C)on1. The van der Waals surface area contributed by atoms with Crippen LogP contribution in [0, 0.1) is 5.92 Å². The third-order valence-corrected chi connectivity index (χ3v) is 2.76. The monoisotopic (exact) mass is 179 g/mol. The third kappa shape index (κ3) is 1.62. The van der Waals surface area contributed by atoms with Crippen LogP contribution in [-0.4, -0.2) is 5.16 Å². The molecule has 1 heterocycles. The molecule has 1 aromatic rings. The third-order valence-electron chi connectivity index (χ3n) is 2.76. The molecule has 2 rings (SSSR count). The van der Waals surface area contributed by atoms with Gasteiger partial charge in [-0.05, 0) is 12.3 Å². The Balaban J connectivity index is 2.19. The largest absolute Gasteiger partial charge is 0.361 e. The fraction of sp³-hybridized carbons (Fsp3) is 0.727. The minimum atomic E-state index is 0.0867. The molecule has 0 aromatic carbocycles. The van der Waals surface area contributed by atoms with Gasteiger partial charge in [0.05, 0.1) is 5.69 Å². The van der Waals surface area contributed by atoms with Gasteiger partial charge in [0.1, 0.15) is 5.76 Å². The van der Waals surface area contributed by atoms with Gasteiger partial charge in [-0.25, -0.2) is 0 Å². The van der Waals surface area contributed by atoms with Crippen molar-refractivity contribution in [3.8, 4) is 0 Å². The Hall–Kier alpha value is -0.790. The molecule has 0 spiro atoms. The predicted molar refractivity (Wildman–Crippen MR) is 51.7 cm³/mol. The highest BCUT2D eigenvalue weighted by atomic mass is 16.5. The Bertz CT molecular complexity index is 308. The molecule has 13 heavy (non-hydrogen) atoms. The Morgan fingerprint density at radius 3 is 2.46 bits per heavy atom. The summed E-state index contributed by atoms with van der Waals surface area (Å²) in [5, 5.41) is 4.12. The maximum atomic E-state index is 5.33. The average molecular weight is 179 g/mol. The first-order valence-corrected chi connectivity index (χ1v) is 4.95. The van der Waals surface area contributed by atoms with E-state index in [1.807, 2.05) is 0 Å². The molecule has 1 saturated carbocycles. The molecule has 1 fully saturated rings. The summed E-state index contributed by atoms with van der Waals surface area (Å²) in [6, 6.07) is 2.12. The van der Waals surface area contributed by atoms with Gasteiger partial charge in [-0.2, -0.15) is 0 Å². The molecule has 0 aliphatic heterocycles. The normalized spacial score (nSPS) is 27.7. The van der Waals surface area contributed by atoms with E-state index in [9.17, 15) is 0 Å². The maximum absolute atomic E-state index is 5.33. The van der Waals surface area contributed by atoms with Gasteiger partial charge in [0.15, 0.2) is 0 Å². The van der Waals surface area contributed by atoms with E-state index in [0.717, 1.165) is 17.4 Å². The summed E-state index contributed by atoms with van der Waals surface area (Å²) in [6.45, 7) is 8.70. The smallest absolute Gasteiger partial charge is 0.142 e. The molecule has 1 aromatic heterocycles. The Morgan fingerprint density at radius 1 is 1.46 bits per heavy atom. The second-order valence-electron chi connectivity index (χ2n) is 5.19. The maximum Gasteiger partial charge on any atom is 0.142 e. The van der Waals surface area contributed by atoms with Gasteiger partial charge in [-0.15, -0.1) is 0 Å². The molecular weight excluding hydrogens is 162 g/mol. The van der Waals surface area contributed by atoms with Gasteiger partial charge in [-0.1, -0.05) is 32.9 Å². The number of hydrogen-bond acceptors (Lipinski definition) is 2. The minimum absolute atomic E-state index is 0.0867. The molecule has 0 radical (unpaired) electrons. The van der Waals surface area contributed by atoms with E-state index in [4.69, 9.17) is 4.52 Å². The quantitative estimate of drug-likeness (QED) is 0.662. The summed E-state index contributed by atoms with van der Waals surface area (Å²) in [7, 11) is 0. The summed E-state index contributed by atoms with van der Waals surface area (Å²) in [5.74, 6) is 2.47. The highest BCUT2D eigenvalue weighted by molar-refractivity contribution is 5.21. The summed E-state index contributed by atoms with van der Waals surface area (Å²) >= 11 is 0. The van der Waals surface area contributed by atoms with E-state index in [1.54, 1.807) is 0 Å². The van der Waals surface area contributed by atoms with Crippen molar-refractivity contribution in [1.29, 1.82) is 0 Å². The van der Waals surface area contributed by atoms with Crippen LogP contribution in [0.25, 0.3) is 0 Å². The lowest BCUT2D eigenvalue weighted by molar-refractivity contribution is 0.325. The predicted octanol–water partition coefficient (Wildman–Crippen LogP) is 3.10. The number of nitrogens with zero attached hydrogens (tertiary/aromatic N) is 1. The molecule has 1 aliphatic carbocycles. The molecule has 0 amide bonds. The highest BCUT2D eigenvalue weighted by Gasteiger charge is 2.37. The van der Waals surface area contributed by atoms with Crippen molar-refractivity contribution in [1.82, 2.24) is 5.16 Å². The lowest BCUT2D eigenvalue weighted by Crippen LogP contribution is -2.09. The molecule has 0 bridgehead atoms. The first kappa shape index (κ1) is 8.79. The lowest BCUT2D eigenvalue weighted by atomic mass is 9.93. The van der Waals surface area contributed by atoms with E-state index in [1.165, 1.54) is 6.42 Å². The first-order valence-electron chi connectivity index (χ1n) is 4.95. The highest BCUT2D eigenvalue weighted by Crippen LogP contribution is 2.46. The molecular formula is C11H17NO. The van der Waals surface area contributed by atoms with E-state index in [0.29, 0.717) is 5.92 Å². The molecule has 2 unspecified atom stereocenters. The summed E-state index contributed by atoms with van der Waals surface area (Å²) < 4.78 is 5.33. The van der Waals surface area contributed by atoms with Gasteiger partial charge < -0.3 is 4.52 Å². The second-order valence-corrected chi connectivity index (χ2v) is 5.19. The zero-order chi connectivity index (χ0) is 9.64. The van der Waals surface area contributed by atoms with Gasteiger partial charge in [0, 0.05) is 17.4 Å². The average Bonchev–Trinajstić information content (AvgIpc) is 2.57. The zero-order valence-corrected chi connectivity index (χ0v) is 8.79. The van der Waals surface area contributed by atoms with Crippen molar-refractivity contribution in [3.05, 3.63) is 17.5 Å². The fourth-order valence-electron chi connectivity index (χ4n) is 1.55. The first-order chi connectivity index (χ1) is 5.98. The number of hydrogen-bond donors (Lipinski definition) is 0. The van der Waals surface area contributed by atoms with Gasteiger partial charge in [0.2, 0.25) is 0 Å². The van der Waals surface area contributed by atoms with Crippen molar-refractivity contribution in [2.45, 2.75) is 45.4 Å². The molecule has 0 N–H and O–H groups in total. The van der Waals surface area contributed by atoms with Gasteiger partial charge in [0.25, 0.3) is 0 Å². The zero-order valence-electron chi connectivity index (χ0n) is 8.79. The Kier molecular flexibility index (Phi) is 1.76. The van der Waals surface area contributed by atoms with Crippen LogP contribution < -0.4 is 0 Å². The van der Waals surface area contributed by atoms with Crippen LogP contribution in [0.4, 0.5) is 0 Å². The van der Waals surface area contributed by atoms with Crippen LogP contribution in [0.5, 0.6) is 0 Å². The van der Waals surface area contributed by atoms with Crippen molar-refractivity contribution >= 4 is 0 Å². The topological polar surface area (TPSA) is 26.0 Å². The van der Waals surface area contributed by atoms with Crippen molar-refractivity contribution < 1.29 is 4.52 Å². The van der Waals surface area contributed by atoms with Crippen LogP contribution in [0.2, 0.25) is 0 Å². The van der Waals surface area contributed by atoms with Crippen LogP contribution in [-0.2, 0) is 5.41 Å². The molecule has 0 saturated heterocycles. The van der Waals surface area contributed by atoms with Crippen LogP contribution >= 0.6 is 0 Å². The molecule has 2 nitrogen and oxygen atoms in total. The number of aromatic nitrogens is 1. The van der Waals surface area contributed by atoms with Gasteiger partial charge in [-0.3, -0.25) is 0 Å². The van der Waals surface area contributed by atoms with E-state index >= 15 is 0 Å².